The van der Waals surface area contributed by atoms with Crippen LogP contribution in [0.1, 0.15) is 68.6 Å². The number of carbonyl (C=O) groups is 1. The number of aromatic nitrogens is 3. The Bertz CT molecular complexity index is 997. The van der Waals surface area contributed by atoms with E-state index in [2.05, 4.69) is 27.1 Å². The van der Waals surface area contributed by atoms with E-state index >= 15 is 0 Å². The molecule has 6 nitrogen and oxygen atoms in total. The number of halogens is 4. The molecular weight excluding hydrogens is 469 g/mol. The van der Waals surface area contributed by atoms with Crippen LogP contribution in [0.2, 0.25) is 5.28 Å². The maximum Gasteiger partial charge on any atom is 0.433 e. The Balaban J connectivity index is 0.000000340. The first-order valence-corrected chi connectivity index (χ1v) is 11.5. The highest BCUT2D eigenvalue weighted by Crippen LogP contribution is 2.27. The highest BCUT2D eigenvalue weighted by molar-refractivity contribution is 6.28. The molecule has 0 bridgehead atoms. The average molecular weight is 499 g/mol. The van der Waals surface area contributed by atoms with Crippen molar-refractivity contribution >= 4 is 18.0 Å². The molecule has 1 aliphatic carbocycles. The van der Waals surface area contributed by atoms with E-state index in [0.29, 0.717) is 17.0 Å². The van der Waals surface area contributed by atoms with E-state index in [4.69, 9.17) is 11.6 Å². The highest BCUT2D eigenvalue weighted by Gasteiger charge is 2.32. The van der Waals surface area contributed by atoms with Crippen molar-refractivity contribution in [3.05, 3.63) is 46.3 Å². The Morgan fingerprint density at radius 1 is 1.26 bits per heavy atom. The van der Waals surface area contributed by atoms with E-state index < -0.39 is 17.5 Å². The smallest absolute Gasteiger partial charge is 0.378 e. The first kappa shape index (κ1) is 27.7. The molecule has 0 atom stereocenters. The van der Waals surface area contributed by atoms with Crippen molar-refractivity contribution in [2.24, 2.45) is 5.92 Å². The van der Waals surface area contributed by atoms with Crippen LogP contribution in [0.25, 0.3) is 0 Å². The lowest BCUT2D eigenvalue weighted by atomic mass is 9.89. The number of nitrogens with zero attached hydrogens (tertiary/aromatic N) is 3. The van der Waals surface area contributed by atoms with Crippen molar-refractivity contribution in [2.45, 2.75) is 71.2 Å². The average Bonchev–Trinajstić information content (AvgIpc) is 3.04. The number of rotatable bonds is 5. The molecule has 0 unspecified atom stereocenters. The van der Waals surface area contributed by atoms with Gasteiger partial charge in [0.05, 0.1) is 12.2 Å². The van der Waals surface area contributed by atoms with Crippen LogP contribution >= 0.6 is 11.6 Å². The Morgan fingerprint density at radius 2 is 1.94 bits per heavy atom. The molecule has 0 spiro atoms. The minimum Gasteiger partial charge on any atom is -0.378 e. The fourth-order valence-electron chi connectivity index (χ4n) is 3.49. The summed E-state index contributed by atoms with van der Waals surface area (Å²) in [7, 11) is 0. The van der Waals surface area contributed by atoms with Crippen molar-refractivity contribution < 1.29 is 23.1 Å². The predicted octanol–water partition coefficient (Wildman–Crippen LogP) is 4.74. The maximum absolute atomic E-state index is 12.5. The molecule has 0 saturated heterocycles. The van der Waals surface area contributed by atoms with Gasteiger partial charge >= 0.3 is 6.18 Å². The van der Waals surface area contributed by atoms with Crippen LogP contribution < -0.4 is 5.32 Å². The van der Waals surface area contributed by atoms with Crippen molar-refractivity contribution in [1.29, 1.82) is 0 Å². The number of hydrogen-bond acceptors (Lipinski definition) is 4. The third kappa shape index (κ3) is 8.99. The van der Waals surface area contributed by atoms with Crippen molar-refractivity contribution in [3.63, 3.8) is 0 Å². The predicted molar refractivity (Wildman–Crippen MR) is 124 cm³/mol. The molecule has 3 rings (SSSR count). The summed E-state index contributed by atoms with van der Waals surface area (Å²) < 4.78 is 39.2. The number of aliphatic hydroxyl groups is 1. The zero-order valence-electron chi connectivity index (χ0n) is 19.5. The number of carbonyl (C=O) groups excluding carboxylic acids is 1. The van der Waals surface area contributed by atoms with E-state index in [1.54, 1.807) is 25.3 Å². The number of nitrogens with one attached hydrogen (secondary N) is 1. The molecule has 1 fully saturated rings. The SMILES string of the molecule is Cc1c(C#CC(C)(C)O)nc(Cl)n1Cc1ccc(C(F)(F)F)nc1.O=CNCC1CCCCC1. The largest absolute Gasteiger partial charge is 0.433 e. The van der Waals surface area contributed by atoms with Gasteiger partial charge in [0.1, 0.15) is 17.0 Å². The molecule has 10 heteroatoms. The van der Waals surface area contributed by atoms with Gasteiger partial charge in [-0.1, -0.05) is 31.2 Å². The van der Waals surface area contributed by atoms with E-state index in [1.165, 1.54) is 38.2 Å². The second-order valence-corrected chi connectivity index (χ2v) is 9.13. The number of alkyl halides is 3. The van der Waals surface area contributed by atoms with Gasteiger partial charge in [-0.25, -0.2) is 4.98 Å². The Labute approximate surface area is 202 Å². The van der Waals surface area contributed by atoms with Gasteiger partial charge in [0.15, 0.2) is 0 Å². The molecule has 2 N–H and O–H groups in total. The molecule has 1 amide bonds. The Kier molecular flexibility index (Phi) is 9.95. The van der Waals surface area contributed by atoms with Gasteiger partial charge in [-0.3, -0.25) is 9.78 Å². The second-order valence-electron chi connectivity index (χ2n) is 8.79. The van der Waals surface area contributed by atoms with Crippen LogP contribution in [0, 0.1) is 24.7 Å². The van der Waals surface area contributed by atoms with Crippen LogP contribution in [0.4, 0.5) is 13.2 Å². The summed E-state index contributed by atoms with van der Waals surface area (Å²) in [6.07, 6.45) is 4.19. The lowest BCUT2D eigenvalue weighted by Gasteiger charge is -2.20. The van der Waals surface area contributed by atoms with Crippen molar-refractivity contribution in [1.82, 2.24) is 19.9 Å². The monoisotopic (exact) mass is 498 g/mol. The van der Waals surface area contributed by atoms with E-state index in [0.717, 1.165) is 31.1 Å². The summed E-state index contributed by atoms with van der Waals surface area (Å²) >= 11 is 6.08. The first-order chi connectivity index (χ1) is 15.9. The molecule has 0 radical (unpaired) electrons. The van der Waals surface area contributed by atoms with Crippen LogP contribution in [0.3, 0.4) is 0 Å². The Morgan fingerprint density at radius 3 is 2.47 bits per heavy atom. The van der Waals surface area contributed by atoms with Gasteiger partial charge in [-0.05, 0) is 68.7 Å². The minimum atomic E-state index is -4.47. The summed E-state index contributed by atoms with van der Waals surface area (Å²) in [5.74, 6) is 6.15. The van der Waals surface area contributed by atoms with Crippen molar-refractivity contribution in [3.8, 4) is 11.8 Å². The van der Waals surface area contributed by atoms with Gasteiger partial charge in [0.2, 0.25) is 11.7 Å². The summed E-state index contributed by atoms with van der Waals surface area (Å²) in [6.45, 7) is 5.94. The molecule has 2 aromatic rings. The second kappa shape index (κ2) is 12.2. The van der Waals surface area contributed by atoms with Gasteiger partial charge < -0.3 is 15.0 Å². The highest BCUT2D eigenvalue weighted by atomic mass is 35.5. The van der Waals surface area contributed by atoms with Crippen LogP contribution in [0.5, 0.6) is 0 Å². The fraction of sp³-hybridized carbons (Fsp3) is 0.542. The lowest BCUT2D eigenvalue weighted by molar-refractivity contribution is -0.141. The third-order valence-corrected chi connectivity index (χ3v) is 5.62. The molecule has 34 heavy (non-hydrogen) atoms. The van der Waals surface area contributed by atoms with Gasteiger partial charge in [0, 0.05) is 12.7 Å². The van der Waals surface area contributed by atoms with Gasteiger partial charge in [0.25, 0.3) is 0 Å². The molecule has 186 valence electrons. The van der Waals surface area contributed by atoms with Gasteiger partial charge in [-0.15, -0.1) is 0 Å². The molecule has 2 heterocycles. The molecule has 1 saturated carbocycles. The van der Waals surface area contributed by atoms with E-state index in [-0.39, 0.29) is 11.8 Å². The van der Waals surface area contributed by atoms with Crippen LogP contribution in [-0.2, 0) is 17.5 Å². The zero-order valence-corrected chi connectivity index (χ0v) is 20.3. The van der Waals surface area contributed by atoms with E-state index in [1.807, 2.05) is 0 Å². The Hall–Kier alpha value is -2.57. The fourth-order valence-corrected chi connectivity index (χ4v) is 3.76. The number of imidazole rings is 1. The molecule has 2 aromatic heterocycles. The number of amides is 1. The maximum atomic E-state index is 12.5. The lowest BCUT2D eigenvalue weighted by Crippen LogP contribution is -2.22. The molecule has 0 aromatic carbocycles. The first-order valence-electron chi connectivity index (χ1n) is 11.1. The van der Waals surface area contributed by atoms with Crippen LogP contribution in [-0.4, -0.2) is 38.2 Å². The summed E-state index contributed by atoms with van der Waals surface area (Å²) in [5, 5.41) is 12.5. The summed E-state index contributed by atoms with van der Waals surface area (Å²) in [4.78, 5) is 17.5. The zero-order chi connectivity index (χ0) is 25.4. The normalized spacial score (nSPS) is 14.5. The topological polar surface area (TPSA) is 80.0 Å². The standard InChI is InChI=1S/C16H15ClF3N3O.C8H15NO/c1-10-12(6-7-15(2,3)24)22-14(17)23(10)9-11-4-5-13(21-8-11)16(18,19)20;10-7-9-6-8-4-2-1-3-5-8/h4-5,8,24H,9H2,1-3H3;7-8H,1-6H2,(H,9,10). The number of pyridine rings is 1. The number of hydrogen-bond donors (Lipinski definition) is 2. The molecule has 0 aliphatic heterocycles. The molecule has 1 aliphatic rings. The van der Waals surface area contributed by atoms with Crippen LogP contribution in [0.15, 0.2) is 18.3 Å². The summed E-state index contributed by atoms with van der Waals surface area (Å²) in [5.41, 5.74) is -0.512. The summed E-state index contributed by atoms with van der Waals surface area (Å²) in [6, 6.07) is 2.26. The quantitative estimate of drug-likeness (QED) is 0.461. The van der Waals surface area contributed by atoms with E-state index in [9.17, 15) is 23.1 Å². The third-order valence-electron chi connectivity index (χ3n) is 5.33. The molecular formula is C24H30ClF3N4O2. The van der Waals surface area contributed by atoms with Gasteiger partial charge in [-0.2, -0.15) is 13.2 Å². The van der Waals surface area contributed by atoms with Crippen molar-refractivity contribution in [2.75, 3.05) is 6.54 Å². The minimum absolute atomic E-state index is 0.160.